The van der Waals surface area contributed by atoms with Crippen LogP contribution in [0.1, 0.15) is 23.3 Å². The van der Waals surface area contributed by atoms with Gasteiger partial charge in [-0.15, -0.1) is 10.2 Å². The first-order chi connectivity index (χ1) is 11.8. The van der Waals surface area contributed by atoms with Gasteiger partial charge in [0, 0.05) is 5.75 Å². The molecule has 0 N–H and O–H groups in total. The smallest absolute Gasteiger partial charge is 0.234 e. The highest BCUT2D eigenvalue weighted by Crippen LogP contribution is 2.26. The Morgan fingerprint density at radius 3 is 2.96 bits per heavy atom. The Morgan fingerprint density at radius 1 is 1.29 bits per heavy atom. The van der Waals surface area contributed by atoms with Crippen molar-refractivity contribution in [2.45, 2.75) is 12.7 Å². The summed E-state index contributed by atoms with van der Waals surface area (Å²) in [6.45, 7) is 3.02. The van der Waals surface area contributed by atoms with E-state index < -0.39 is 0 Å². The van der Waals surface area contributed by atoms with Crippen LogP contribution in [-0.2, 0) is 5.75 Å². The summed E-state index contributed by atoms with van der Waals surface area (Å²) in [5, 5.41) is 14.1. The summed E-state index contributed by atoms with van der Waals surface area (Å²) in [7, 11) is 0. The van der Waals surface area contributed by atoms with Gasteiger partial charge in [-0.05, 0) is 24.1 Å². The van der Waals surface area contributed by atoms with Crippen LogP contribution in [0.5, 0.6) is 0 Å². The number of hydrogen-bond acceptors (Lipinski definition) is 7. The molecule has 1 aliphatic rings. The first-order valence-corrected chi connectivity index (χ1v) is 10.3. The molecule has 1 aromatic carbocycles. The Hall–Kier alpha value is -1.64. The van der Waals surface area contributed by atoms with Crippen molar-refractivity contribution in [1.82, 2.24) is 19.8 Å². The largest absolute Gasteiger partial charge is 0.271 e. The molecular weight excluding hydrogens is 358 g/mol. The maximum absolute atomic E-state index is 4.66. The molecule has 4 rings (SSSR count). The van der Waals surface area contributed by atoms with Crippen molar-refractivity contribution in [2.75, 3.05) is 12.3 Å². The number of thioether (sulfide) groups is 2. The average molecular weight is 374 g/mol. The maximum atomic E-state index is 4.66. The molecule has 5 nitrogen and oxygen atoms in total. The highest BCUT2D eigenvalue weighted by atomic mass is 32.2. The third kappa shape index (κ3) is 3.40. The van der Waals surface area contributed by atoms with Gasteiger partial charge in [0.05, 0.1) is 12.3 Å². The monoisotopic (exact) mass is 373 g/mol. The number of allylic oxidation sites excluding steroid dienone is 1. The first-order valence-electron chi connectivity index (χ1n) is 7.54. The van der Waals surface area contributed by atoms with Crippen molar-refractivity contribution >= 4 is 55.8 Å². The van der Waals surface area contributed by atoms with Gasteiger partial charge in [0.15, 0.2) is 5.82 Å². The summed E-state index contributed by atoms with van der Waals surface area (Å²) in [6.07, 6.45) is 2.10. The molecule has 0 amide bonds. The van der Waals surface area contributed by atoms with Crippen LogP contribution < -0.4 is 0 Å². The SMILES string of the molecule is C/C(=C/c1nn2c(CSC3=NCCS3)nnc2s1)c1ccccc1. The second-order valence-corrected chi connectivity index (χ2v) is 8.52. The van der Waals surface area contributed by atoms with E-state index >= 15 is 0 Å². The number of aliphatic imine (C=N–C) groups is 1. The molecule has 0 saturated heterocycles. The van der Waals surface area contributed by atoms with E-state index in [1.807, 2.05) is 34.5 Å². The summed E-state index contributed by atoms with van der Waals surface area (Å²) in [6, 6.07) is 10.3. The Morgan fingerprint density at radius 2 is 2.17 bits per heavy atom. The molecule has 0 fully saturated rings. The fourth-order valence-electron chi connectivity index (χ4n) is 2.32. The van der Waals surface area contributed by atoms with E-state index in [-0.39, 0.29) is 0 Å². The standard InChI is InChI=1S/C16H15N5S3/c1-11(12-5-3-2-4-6-12)9-14-20-21-13(18-19-15(21)24-14)10-23-16-17-7-8-22-16/h2-6,9H,7-8,10H2,1H3/b11-9-. The predicted molar refractivity (Wildman–Crippen MR) is 105 cm³/mol. The molecule has 122 valence electrons. The first kappa shape index (κ1) is 15.9. The highest BCUT2D eigenvalue weighted by Gasteiger charge is 2.14. The lowest BCUT2D eigenvalue weighted by Crippen LogP contribution is -1.95. The average Bonchev–Trinajstić information content (AvgIpc) is 3.31. The van der Waals surface area contributed by atoms with E-state index in [4.69, 9.17) is 0 Å². The minimum absolute atomic E-state index is 0.748. The van der Waals surface area contributed by atoms with Crippen LogP contribution in [0.3, 0.4) is 0 Å². The van der Waals surface area contributed by atoms with E-state index in [2.05, 4.69) is 45.4 Å². The van der Waals surface area contributed by atoms with Gasteiger partial charge in [0.2, 0.25) is 4.96 Å². The van der Waals surface area contributed by atoms with Gasteiger partial charge in [-0.2, -0.15) is 9.61 Å². The lowest BCUT2D eigenvalue weighted by Gasteiger charge is -1.99. The van der Waals surface area contributed by atoms with Crippen molar-refractivity contribution in [1.29, 1.82) is 0 Å². The third-order valence-electron chi connectivity index (χ3n) is 3.52. The number of aromatic nitrogens is 4. The third-order valence-corrected chi connectivity index (χ3v) is 6.62. The van der Waals surface area contributed by atoms with Crippen molar-refractivity contribution in [3.63, 3.8) is 0 Å². The zero-order valence-electron chi connectivity index (χ0n) is 13.0. The van der Waals surface area contributed by atoms with Gasteiger partial charge >= 0.3 is 0 Å². The van der Waals surface area contributed by atoms with E-state index in [0.717, 1.165) is 38.2 Å². The molecule has 24 heavy (non-hydrogen) atoms. The van der Waals surface area contributed by atoms with Gasteiger partial charge in [0.1, 0.15) is 9.38 Å². The maximum Gasteiger partial charge on any atom is 0.234 e. The van der Waals surface area contributed by atoms with Crippen LogP contribution >= 0.6 is 34.9 Å². The van der Waals surface area contributed by atoms with E-state index in [9.17, 15) is 0 Å². The summed E-state index contributed by atoms with van der Waals surface area (Å²) in [4.78, 5) is 5.28. The van der Waals surface area contributed by atoms with Crippen molar-refractivity contribution < 1.29 is 0 Å². The fraction of sp³-hybridized carbons (Fsp3) is 0.250. The van der Waals surface area contributed by atoms with E-state index in [0.29, 0.717) is 0 Å². The zero-order chi connectivity index (χ0) is 16.4. The number of rotatable bonds is 4. The van der Waals surface area contributed by atoms with Crippen LogP contribution in [0.15, 0.2) is 35.3 Å². The molecule has 3 aromatic rings. The Balaban J connectivity index is 1.55. The summed E-state index contributed by atoms with van der Waals surface area (Å²) >= 11 is 5.08. The van der Waals surface area contributed by atoms with E-state index in [1.54, 1.807) is 23.1 Å². The van der Waals surface area contributed by atoms with Crippen molar-refractivity contribution in [3.05, 3.63) is 46.7 Å². The molecule has 0 bridgehead atoms. The molecule has 0 radical (unpaired) electrons. The Labute approximate surface area is 152 Å². The van der Waals surface area contributed by atoms with Crippen LogP contribution in [0.2, 0.25) is 0 Å². The molecule has 0 saturated carbocycles. The number of nitrogens with zero attached hydrogens (tertiary/aromatic N) is 5. The molecule has 1 aliphatic heterocycles. The minimum Gasteiger partial charge on any atom is -0.271 e. The Bertz CT molecular complexity index is 910. The van der Waals surface area contributed by atoms with Gasteiger partial charge in [-0.3, -0.25) is 4.99 Å². The van der Waals surface area contributed by atoms with Gasteiger partial charge in [0.25, 0.3) is 0 Å². The minimum atomic E-state index is 0.748. The van der Waals surface area contributed by atoms with Crippen LogP contribution in [0.4, 0.5) is 0 Å². The number of fused-ring (bicyclic) bond motifs is 1. The molecule has 2 aromatic heterocycles. The van der Waals surface area contributed by atoms with Crippen molar-refractivity contribution in [2.24, 2.45) is 4.99 Å². The van der Waals surface area contributed by atoms with E-state index in [1.165, 1.54) is 11.1 Å². The molecule has 3 heterocycles. The van der Waals surface area contributed by atoms with Gasteiger partial charge in [-0.25, -0.2) is 0 Å². The predicted octanol–water partition coefficient (Wildman–Crippen LogP) is 4.08. The number of hydrogen-bond donors (Lipinski definition) is 0. The zero-order valence-corrected chi connectivity index (χ0v) is 15.5. The van der Waals surface area contributed by atoms with Crippen LogP contribution in [0.25, 0.3) is 16.6 Å². The summed E-state index contributed by atoms with van der Waals surface area (Å²) in [5.41, 5.74) is 2.39. The summed E-state index contributed by atoms with van der Waals surface area (Å²) < 4.78 is 2.99. The lowest BCUT2D eigenvalue weighted by atomic mass is 10.1. The number of benzene rings is 1. The summed E-state index contributed by atoms with van der Waals surface area (Å²) in [5.74, 6) is 2.71. The normalized spacial score (nSPS) is 15.2. The molecule has 0 unspecified atom stereocenters. The lowest BCUT2D eigenvalue weighted by molar-refractivity contribution is 0.881. The second kappa shape index (κ2) is 7.08. The molecule has 8 heteroatoms. The quantitative estimate of drug-likeness (QED) is 0.690. The molecule has 0 spiro atoms. The fourth-order valence-corrected chi connectivity index (χ4v) is 5.09. The topological polar surface area (TPSA) is 55.4 Å². The van der Waals surface area contributed by atoms with Crippen molar-refractivity contribution in [3.8, 4) is 0 Å². The second-order valence-electron chi connectivity index (χ2n) is 5.23. The molecule has 0 atom stereocenters. The van der Waals surface area contributed by atoms with Crippen LogP contribution in [0, 0.1) is 0 Å². The molecule has 0 aliphatic carbocycles. The van der Waals surface area contributed by atoms with Gasteiger partial charge < -0.3 is 0 Å². The van der Waals surface area contributed by atoms with Crippen LogP contribution in [-0.4, -0.2) is 36.5 Å². The van der Waals surface area contributed by atoms with Gasteiger partial charge in [-0.1, -0.05) is 65.2 Å². The Kier molecular flexibility index (Phi) is 4.68. The highest BCUT2D eigenvalue weighted by molar-refractivity contribution is 8.38. The molecular formula is C16H15N5S3.